The third kappa shape index (κ3) is 5.48. The molecule has 0 spiro atoms. The van der Waals surface area contributed by atoms with Crippen LogP contribution in [0.3, 0.4) is 0 Å². The standard InChI is InChI=1S/C19H19ClN4O2S/c1-12-5-3-4-6-16(12)26-10-17-22-19(24-23-17)27-11-18(25)21-15-8-7-14(20)9-13(15)2/h3-9H,10-11H2,1-2H3,(H,21,25)(H,22,23,24). The number of carbonyl (C=O) groups is 1. The SMILES string of the molecule is Cc1cc(Cl)ccc1NC(=O)CSc1n[nH]c(COc2ccccc2C)n1. The summed E-state index contributed by atoms with van der Waals surface area (Å²) in [7, 11) is 0. The number of nitrogens with one attached hydrogen (secondary N) is 2. The lowest BCUT2D eigenvalue weighted by Crippen LogP contribution is -2.14. The van der Waals surface area contributed by atoms with Crippen LogP contribution in [0.25, 0.3) is 0 Å². The molecule has 0 aliphatic rings. The maximum Gasteiger partial charge on any atom is 0.234 e. The second-order valence-electron chi connectivity index (χ2n) is 5.91. The third-order valence-corrected chi connectivity index (χ3v) is 4.85. The van der Waals surface area contributed by atoms with Gasteiger partial charge in [-0.1, -0.05) is 41.6 Å². The summed E-state index contributed by atoms with van der Waals surface area (Å²) in [6, 6.07) is 13.1. The van der Waals surface area contributed by atoms with Gasteiger partial charge in [0.25, 0.3) is 0 Å². The first-order chi connectivity index (χ1) is 13.0. The fourth-order valence-corrected chi connectivity index (χ4v) is 3.20. The highest BCUT2D eigenvalue weighted by Gasteiger charge is 2.10. The molecule has 27 heavy (non-hydrogen) atoms. The molecule has 0 bridgehead atoms. The van der Waals surface area contributed by atoms with Gasteiger partial charge in [0.05, 0.1) is 5.75 Å². The van der Waals surface area contributed by atoms with Crippen LogP contribution in [0, 0.1) is 13.8 Å². The summed E-state index contributed by atoms with van der Waals surface area (Å²) >= 11 is 7.18. The van der Waals surface area contributed by atoms with Gasteiger partial charge < -0.3 is 10.1 Å². The number of thioether (sulfide) groups is 1. The molecule has 3 aromatic rings. The molecule has 2 aromatic carbocycles. The van der Waals surface area contributed by atoms with Gasteiger partial charge in [0.15, 0.2) is 5.82 Å². The van der Waals surface area contributed by atoms with Crippen LogP contribution in [-0.4, -0.2) is 26.8 Å². The number of anilines is 1. The van der Waals surface area contributed by atoms with Crippen LogP contribution < -0.4 is 10.1 Å². The molecule has 0 atom stereocenters. The predicted molar refractivity (Wildman–Crippen MR) is 107 cm³/mol. The van der Waals surface area contributed by atoms with Crippen molar-refractivity contribution in [2.75, 3.05) is 11.1 Å². The summed E-state index contributed by atoms with van der Waals surface area (Å²) in [5, 5.41) is 10.9. The van der Waals surface area contributed by atoms with E-state index in [-0.39, 0.29) is 18.3 Å². The number of amides is 1. The number of para-hydroxylation sites is 1. The maximum absolute atomic E-state index is 12.1. The molecule has 0 fully saturated rings. The average Bonchev–Trinajstić information content (AvgIpc) is 3.10. The van der Waals surface area contributed by atoms with Crippen molar-refractivity contribution >= 4 is 35.0 Å². The Morgan fingerprint density at radius 2 is 2.04 bits per heavy atom. The first-order valence-electron chi connectivity index (χ1n) is 8.30. The normalized spacial score (nSPS) is 10.6. The summed E-state index contributed by atoms with van der Waals surface area (Å²) in [6.07, 6.45) is 0. The minimum absolute atomic E-state index is 0.132. The fourth-order valence-electron chi connectivity index (χ4n) is 2.36. The smallest absolute Gasteiger partial charge is 0.234 e. The second kappa shape index (κ2) is 8.92. The van der Waals surface area contributed by atoms with Gasteiger partial charge in [0.1, 0.15) is 12.4 Å². The number of aryl methyl sites for hydroxylation is 2. The van der Waals surface area contributed by atoms with Gasteiger partial charge in [0.2, 0.25) is 11.1 Å². The largest absolute Gasteiger partial charge is 0.485 e. The van der Waals surface area contributed by atoms with Gasteiger partial charge in [-0.05, 0) is 49.2 Å². The van der Waals surface area contributed by atoms with Gasteiger partial charge in [-0.25, -0.2) is 4.98 Å². The molecule has 0 unspecified atom stereocenters. The Balaban J connectivity index is 1.49. The molecule has 0 aliphatic carbocycles. The zero-order valence-corrected chi connectivity index (χ0v) is 16.5. The number of H-pyrrole nitrogens is 1. The minimum atomic E-state index is -0.132. The average molecular weight is 403 g/mol. The van der Waals surface area contributed by atoms with Crippen molar-refractivity contribution in [2.24, 2.45) is 0 Å². The Bertz CT molecular complexity index is 945. The molecule has 0 saturated heterocycles. The van der Waals surface area contributed by atoms with Crippen LogP contribution in [0.5, 0.6) is 5.75 Å². The topological polar surface area (TPSA) is 79.9 Å². The van der Waals surface area contributed by atoms with Crippen molar-refractivity contribution < 1.29 is 9.53 Å². The number of aromatic nitrogens is 3. The lowest BCUT2D eigenvalue weighted by Gasteiger charge is -2.07. The Morgan fingerprint density at radius 3 is 2.81 bits per heavy atom. The van der Waals surface area contributed by atoms with Crippen molar-refractivity contribution in [3.63, 3.8) is 0 Å². The van der Waals surface area contributed by atoms with Crippen molar-refractivity contribution in [2.45, 2.75) is 25.6 Å². The zero-order chi connectivity index (χ0) is 19.2. The van der Waals surface area contributed by atoms with Gasteiger partial charge >= 0.3 is 0 Å². The number of ether oxygens (including phenoxy) is 1. The summed E-state index contributed by atoms with van der Waals surface area (Å²) < 4.78 is 5.73. The Kier molecular flexibility index (Phi) is 6.36. The van der Waals surface area contributed by atoms with Crippen molar-refractivity contribution in [3.05, 3.63) is 64.4 Å². The first-order valence-corrected chi connectivity index (χ1v) is 9.66. The van der Waals surface area contributed by atoms with Crippen LogP contribution >= 0.6 is 23.4 Å². The van der Waals surface area contributed by atoms with Crippen molar-refractivity contribution in [3.8, 4) is 5.75 Å². The van der Waals surface area contributed by atoms with E-state index < -0.39 is 0 Å². The minimum Gasteiger partial charge on any atom is -0.485 e. The second-order valence-corrected chi connectivity index (χ2v) is 7.29. The highest BCUT2D eigenvalue weighted by atomic mass is 35.5. The highest BCUT2D eigenvalue weighted by Crippen LogP contribution is 2.21. The molecule has 1 aromatic heterocycles. The molecule has 1 heterocycles. The number of carbonyl (C=O) groups excluding carboxylic acids is 1. The Labute approximate surface area is 166 Å². The van der Waals surface area contributed by atoms with Crippen LogP contribution in [0.15, 0.2) is 47.6 Å². The Morgan fingerprint density at radius 1 is 1.22 bits per heavy atom. The summed E-state index contributed by atoms with van der Waals surface area (Å²) in [6.45, 7) is 4.16. The van der Waals surface area contributed by atoms with E-state index >= 15 is 0 Å². The van der Waals surface area contributed by atoms with Crippen LogP contribution in [0.2, 0.25) is 5.02 Å². The quantitative estimate of drug-likeness (QED) is 0.573. The molecule has 8 heteroatoms. The summed E-state index contributed by atoms with van der Waals surface area (Å²) in [4.78, 5) is 16.5. The molecule has 0 saturated carbocycles. The van der Waals surface area contributed by atoms with Crippen LogP contribution in [-0.2, 0) is 11.4 Å². The van der Waals surface area contributed by atoms with Gasteiger partial charge in [-0.3, -0.25) is 9.89 Å². The van der Waals surface area contributed by atoms with E-state index in [9.17, 15) is 4.79 Å². The maximum atomic E-state index is 12.1. The molecule has 6 nitrogen and oxygen atoms in total. The van der Waals surface area contributed by atoms with E-state index in [1.54, 1.807) is 18.2 Å². The fraction of sp³-hybridized carbons (Fsp3) is 0.211. The van der Waals surface area contributed by atoms with Crippen molar-refractivity contribution in [1.82, 2.24) is 15.2 Å². The number of hydrogen-bond donors (Lipinski definition) is 2. The molecule has 0 radical (unpaired) electrons. The van der Waals surface area contributed by atoms with E-state index in [0.29, 0.717) is 16.0 Å². The molecule has 140 valence electrons. The zero-order valence-electron chi connectivity index (χ0n) is 15.0. The number of benzene rings is 2. The molecular formula is C19H19ClN4O2S. The lowest BCUT2D eigenvalue weighted by molar-refractivity contribution is -0.113. The van der Waals surface area contributed by atoms with E-state index in [1.165, 1.54) is 11.8 Å². The molecule has 3 rings (SSSR count). The molecule has 0 aliphatic heterocycles. The van der Waals surface area contributed by atoms with Crippen LogP contribution in [0.4, 0.5) is 5.69 Å². The number of halogens is 1. The van der Waals surface area contributed by atoms with Crippen LogP contribution in [0.1, 0.15) is 17.0 Å². The van der Waals surface area contributed by atoms with Crippen molar-refractivity contribution in [1.29, 1.82) is 0 Å². The third-order valence-electron chi connectivity index (χ3n) is 3.76. The van der Waals surface area contributed by atoms with E-state index in [1.807, 2.05) is 38.1 Å². The summed E-state index contributed by atoms with van der Waals surface area (Å²) in [5.41, 5.74) is 2.71. The molecule has 1 amide bonds. The van der Waals surface area contributed by atoms with E-state index in [0.717, 1.165) is 22.6 Å². The monoisotopic (exact) mass is 402 g/mol. The predicted octanol–water partition coefficient (Wildman–Crippen LogP) is 4.38. The number of rotatable bonds is 7. The van der Waals surface area contributed by atoms with E-state index in [4.69, 9.17) is 16.3 Å². The lowest BCUT2D eigenvalue weighted by atomic mass is 10.2. The number of nitrogens with zero attached hydrogens (tertiary/aromatic N) is 2. The van der Waals surface area contributed by atoms with E-state index in [2.05, 4.69) is 20.5 Å². The van der Waals surface area contributed by atoms with Gasteiger partial charge in [-0.2, -0.15) is 0 Å². The van der Waals surface area contributed by atoms with Gasteiger partial charge in [-0.15, -0.1) is 5.10 Å². The number of aromatic amines is 1. The number of hydrogen-bond acceptors (Lipinski definition) is 5. The first kappa shape index (κ1) is 19.3. The van der Waals surface area contributed by atoms with Gasteiger partial charge in [0, 0.05) is 10.7 Å². The molecular weight excluding hydrogens is 384 g/mol. The summed E-state index contributed by atoms with van der Waals surface area (Å²) in [5.74, 6) is 1.49. The Hall–Kier alpha value is -2.51. The molecule has 2 N–H and O–H groups in total. The highest BCUT2D eigenvalue weighted by molar-refractivity contribution is 7.99.